The number of methoxy groups -OCH3 is 1. The lowest BCUT2D eigenvalue weighted by Crippen LogP contribution is -2.34. The van der Waals surface area contributed by atoms with Gasteiger partial charge in [-0.1, -0.05) is 32.6 Å². The van der Waals surface area contributed by atoms with E-state index in [1.54, 1.807) is 0 Å². The van der Waals surface area contributed by atoms with Crippen LogP contribution >= 0.6 is 0 Å². The maximum absolute atomic E-state index is 13.9. The summed E-state index contributed by atoms with van der Waals surface area (Å²) >= 11 is 0. The minimum absolute atomic E-state index is 0.0536. The Hall–Kier alpha value is -1.04. The second-order valence-corrected chi connectivity index (χ2v) is 7.86. The molecule has 6 heteroatoms. The molecule has 0 amide bonds. The van der Waals surface area contributed by atoms with Gasteiger partial charge in [0.05, 0.1) is 7.11 Å². The summed E-state index contributed by atoms with van der Waals surface area (Å²) in [6.07, 6.45) is 5.79. The molecular weight excluding hydrogens is 354 g/mol. The van der Waals surface area contributed by atoms with Crippen LogP contribution in [0, 0.1) is 11.8 Å². The van der Waals surface area contributed by atoms with E-state index in [9.17, 15) is 23.5 Å². The molecule has 0 bridgehead atoms. The average molecular weight is 391 g/mol. The lowest BCUT2D eigenvalue weighted by molar-refractivity contribution is -0.140. The minimum atomic E-state index is -3.03. The Morgan fingerprint density at radius 3 is 2.59 bits per heavy atom. The van der Waals surface area contributed by atoms with Crippen LogP contribution in [0.5, 0.6) is 0 Å². The highest BCUT2D eigenvalue weighted by Gasteiger charge is 2.39. The molecule has 27 heavy (non-hydrogen) atoms. The summed E-state index contributed by atoms with van der Waals surface area (Å²) in [5, 5.41) is 9.88. The molecule has 0 aromatic carbocycles. The molecule has 0 saturated heterocycles. The summed E-state index contributed by atoms with van der Waals surface area (Å²) in [4.78, 5) is 23.2. The molecule has 0 unspecified atom stereocenters. The van der Waals surface area contributed by atoms with Crippen LogP contribution in [0.2, 0.25) is 0 Å². The van der Waals surface area contributed by atoms with Gasteiger partial charge in [0.25, 0.3) is 5.92 Å². The molecule has 4 nitrogen and oxygen atoms in total. The van der Waals surface area contributed by atoms with E-state index in [1.165, 1.54) is 7.11 Å². The maximum Gasteiger partial charge on any atom is 0.305 e. The number of hydrogen-bond acceptors (Lipinski definition) is 4. The maximum atomic E-state index is 13.9. The summed E-state index contributed by atoms with van der Waals surface area (Å²) in [6.45, 7) is 1.85. The van der Waals surface area contributed by atoms with Crippen LogP contribution in [-0.2, 0) is 14.3 Å². The summed E-state index contributed by atoms with van der Waals surface area (Å²) in [7, 11) is 1.38. The highest BCUT2D eigenvalue weighted by atomic mass is 19.3. The van der Waals surface area contributed by atoms with Gasteiger partial charge in [-0.05, 0) is 44.4 Å². The molecule has 0 aromatic heterocycles. The largest absolute Gasteiger partial charge is 0.469 e. The van der Waals surface area contributed by atoms with Gasteiger partial charge in [-0.25, -0.2) is 8.78 Å². The van der Waals surface area contributed by atoms with Crippen molar-refractivity contribution in [2.45, 2.75) is 102 Å². The fraction of sp³-hybridized carbons (Fsp3) is 0.905. The van der Waals surface area contributed by atoms with Crippen molar-refractivity contribution in [2.75, 3.05) is 7.11 Å². The van der Waals surface area contributed by atoms with Crippen LogP contribution in [0.15, 0.2) is 0 Å². The fourth-order valence-corrected chi connectivity index (χ4v) is 3.97. The zero-order valence-corrected chi connectivity index (χ0v) is 16.9. The molecule has 0 heterocycles. The average Bonchev–Trinajstić information content (AvgIpc) is 3.00. The van der Waals surface area contributed by atoms with Crippen LogP contribution in [0.3, 0.4) is 0 Å². The first-order valence-corrected chi connectivity index (χ1v) is 10.5. The van der Waals surface area contributed by atoms with Crippen molar-refractivity contribution in [3.05, 3.63) is 0 Å². The molecule has 0 aromatic rings. The van der Waals surface area contributed by atoms with Crippen molar-refractivity contribution in [1.82, 2.24) is 0 Å². The van der Waals surface area contributed by atoms with E-state index in [0.717, 1.165) is 38.5 Å². The number of esters is 1. The molecule has 1 fully saturated rings. The van der Waals surface area contributed by atoms with Gasteiger partial charge in [-0.3, -0.25) is 9.59 Å². The van der Waals surface area contributed by atoms with Gasteiger partial charge in [0.1, 0.15) is 11.9 Å². The smallest absolute Gasteiger partial charge is 0.305 e. The molecule has 0 aliphatic heterocycles. The lowest BCUT2D eigenvalue weighted by atomic mass is 9.85. The van der Waals surface area contributed by atoms with Crippen molar-refractivity contribution < 1.29 is 28.2 Å². The van der Waals surface area contributed by atoms with Gasteiger partial charge in [-0.15, -0.1) is 0 Å². The monoisotopic (exact) mass is 390 g/mol. The van der Waals surface area contributed by atoms with E-state index in [2.05, 4.69) is 4.74 Å². The first-order valence-electron chi connectivity index (χ1n) is 10.5. The molecular formula is C21H36F2O4. The van der Waals surface area contributed by atoms with Crippen LogP contribution in [-0.4, -0.2) is 36.0 Å². The predicted octanol–water partition coefficient (Wildman–Crippen LogP) is 5.06. The van der Waals surface area contributed by atoms with Crippen LogP contribution < -0.4 is 0 Å². The number of ketones is 1. The minimum Gasteiger partial charge on any atom is -0.469 e. The predicted molar refractivity (Wildman–Crippen MR) is 101 cm³/mol. The molecule has 1 N–H and O–H groups in total. The third-order valence-electron chi connectivity index (χ3n) is 5.78. The summed E-state index contributed by atoms with van der Waals surface area (Å²) in [5.74, 6) is -2.93. The Morgan fingerprint density at radius 2 is 1.93 bits per heavy atom. The van der Waals surface area contributed by atoms with Crippen LogP contribution in [0.4, 0.5) is 8.78 Å². The van der Waals surface area contributed by atoms with E-state index in [4.69, 9.17) is 0 Å². The van der Waals surface area contributed by atoms with Gasteiger partial charge in [0, 0.05) is 25.2 Å². The van der Waals surface area contributed by atoms with E-state index in [-0.39, 0.29) is 36.4 Å². The molecule has 3 atom stereocenters. The molecule has 0 spiro atoms. The molecule has 1 aliphatic carbocycles. The van der Waals surface area contributed by atoms with Crippen molar-refractivity contribution in [3.8, 4) is 0 Å². The molecule has 1 rings (SSSR count). The lowest BCUT2D eigenvalue weighted by Gasteiger charge is -2.25. The zero-order valence-electron chi connectivity index (χ0n) is 16.9. The van der Waals surface area contributed by atoms with Crippen LogP contribution in [0.1, 0.15) is 90.4 Å². The molecule has 0 radical (unpaired) electrons. The Balaban J connectivity index is 2.32. The topological polar surface area (TPSA) is 63.6 Å². The van der Waals surface area contributed by atoms with E-state index >= 15 is 0 Å². The second-order valence-electron chi connectivity index (χ2n) is 7.86. The van der Waals surface area contributed by atoms with E-state index in [1.807, 2.05) is 6.92 Å². The fourth-order valence-electron chi connectivity index (χ4n) is 3.97. The number of rotatable bonds is 14. The first-order chi connectivity index (χ1) is 12.8. The number of carbonyl (C=O) groups is 2. The molecule has 1 saturated carbocycles. The Kier molecular flexibility index (Phi) is 11.0. The number of ether oxygens (including phenoxy) is 1. The highest BCUT2D eigenvalue weighted by Crippen LogP contribution is 2.38. The summed E-state index contributed by atoms with van der Waals surface area (Å²) in [6, 6.07) is 0. The van der Waals surface area contributed by atoms with E-state index in [0.29, 0.717) is 32.1 Å². The number of Topliss-reactive ketones (excluding diaryl/α,β-unsaturated/α-hetero) is 1. The first kappa shape index (κ1) is 24.0. The number of aliphatic hydroxyl groups is 1. The van der Waals surface area contributed by atoms with Crippen molar-refractivity contribution in [1.29, 1.82) is 0 Å². The standard InChI is InChI=1S/C21H36F2O4/c1-3-4-15-21(22,23)19(25)14-12-16-11-13-18(24)17(16)9-7-5-6-8-10-20(26)27-2/h16-17,19,25H,3-15H2,1-2H3/t16-,17-,19-/m1/s1. The molecule has 1 aliphatic rings. The van der Waals surface area contributed by atoms with Gasteiger partial charge < -0.3 is 9.84 Å². The van der Waals surface area contributed by atoms with Crippen LogP contribution in [0.25, 0.3) is 0 Å². The zero-order chi connectivity index (χ0) is 20.3. The number of alkyl halides is 2. The van der Waals surface area contributed by atoms with E-state index < -0.39 is 12.0 Å². The second kappa shape index (κ2) is 12.4. The normalized spacial score (nSPS) is 21.4. The molecule has 158 valence electrons. The van der Waals surface area contributed by atoms with Gasteiger partial charge in [0.2, 0.25) is 0 Å². The van der Waals surface area contributed by atoms with Gasteiger partial charge >= 0.3 is 5.97 Å². The third-order valence-corrected chi connectivity index (χ3v) is 5.78. The third kappa shape index (κ3) is 8.67. The highest BCUT2D eigenvalue weighted by molar-refractivity contribution is 5.83. The SMILES string of the molecule is CCCCC(F)(F)[C@H](O)CC[C@H]1CCC(=O)[C@@H]1CCCCCCC(=O)OC. The number of hydrogen-bond donors (Lipinski definition) is 1. The van der Waals surface area contributed by atoms with Crippen molar-refractivity contribution in [3.63, 3.8) is 0 Å². The summed E-state index contributed by atoms with van der Waals surface area (Å²) in [5.41, 5.74) is 0. The Morgan fingerprint density at radius 1 is 1.22 bits per heavy atom. The van der Waals surface area contributed by atoms with Gasteiger partial charge in [0.15, 0.2) is 0 Å². The Bertz CT molecular complexity index is 453. The quantitative estimate of drug-likeness (QED) is 0.332. The Labute approximate surface area is 162 Å². The number of carbonyl (C=O) groups excluding carboxylic acids is 2. The van der Waals surface area contributed by atoms with Crippen molar-refractivity contribution in [2.24, 2.45) is 11.8 Å². The van der Waals surface area contributed by atoms with Gasteiger partial charge in [-0.2, -0.15) is 0 Å². The number of halogens is 2. The number of unbranched alkanes of at least 4 members (excludes halogenated alkanes) is 4. The number of aliphatic hydroxyl groups excluding tert-OH is 1. The summed E-state index contributed by atoms with van der Waals surface area (Å²) < 4.78 is 32.4. The van der Waals surface area contributed by atoms with Crippen molar-refractivity contribution >= 4 is 11.8 Å².